The maximum Gasteiger partial charge on any atom is 0.0443 e. The van der Waals surface area contributed by atoms with Crippen molar-refractivity contribution >= 4 is 22.0 Å². The van der Waals surface area contributed by atoms with Crippen LogP contribution >= 0.6 is 0 Å². The van der Waals surface area contributed by atoms with Crippen molar-refractivity contribution in [1.82, 2.24) is 0 Å². The fraction of sp³-hybridized carbons (Fsp3) is 0.429. The van der Waals surface area contributed by atoms with Crippen molar-refractivity contribution < 1.29 is 0 Å². The lowest BCUT2D eigenvalue weighted by Crippen LogP contribution is -2.16. The van der Waals surface area contributed by atoms with Crippen molar-refractivity contribution in [3.63, 3.8) is 0 Å². The van der Waals surface area contributed by atoms with E-state index in [0.717, 1.165) is 6.54 Å². The van der Waals surface area contributed by atoms with Gasteiger partial charge in [0.25, 0.3) is 0 Å². The van der Waals surface area contributed by atoms with Gasteiger partial charge in [0, 0.05) is 24.7 Å². The molecule has 120 valence electrons. The Bertz CT molecular complexity index is 665. The summed E-state index contributed by atoms with van der Waals surface area (Å²) in [6, 6.07) is 9.18. The van der Waals surface area contributed by atoms with Crippen LogP contribution in [0.15, 0.2) is 30.3 Å². The molecule has 0 radical (unpaired) electrons. The third kappa shape index (κ3) is 3.52. The Labute approximate surface area is 136 Å². The number of benzene rings is 2. The highest BCUT2D eigenvalue weighted by Gasteiger charge is 2.11. The first-order chi connectivity index (χ1) is 10.5. The summed E-state index contributed by atoms with van der Waals surface area (Å²) in [6.45, 7) is 15.9. The molecule has 0 aliphatic carbocycles. The molecule has 22 heavy (non-hydrogen) atoms. The number of hydrogen-bond acceptors (Lipinski definition) is 1. The lowest BCUT2D eigenvalue weighted by molar-refractivity contribution is 0.974. The predicted octanol–water partition coefficient (Wildman–Crippen LogP) is 6.36. The van der Waals surface area contributed by atoms with E-state index in [-0.39, 0.29) is 0 Å². The van der Waals surface area contributed by atoms with Gasteiger partial charge in [-0.2, -0.15) is 0 Å². The molecule has 0 aliphatic rings. The second-order valence-electron chi connectivity index (χ2n) is 5.60. The Balaban J connectivity index is 0.00000116. The highest BCUT2D eigenvalue weighted by Crippen LogP contribution is 2.34. The molecule has 0 atom stereocenters. The summed E-state index contributed by atoms with van der Waals surface area (Å²) in [6.07, 6.45) is 2.19. The van der Waals surface area contributed by atoms with Crippen LogP contribution in [0.25, 0.3) is 16.3 Å². The van der Waals surface area contributed by atoms with Crippen molar-refractivity contribution in [1.29, 1.82) is 0 Å². The molecule has 0 saturated heterocycles. The Morgan fingerprint density at radius 1 is 1.05 bits per heavy atom. The molecule has 2 aromatic rings. The minimum absolute atomic E-state index is 1.02. The smallest absolute Gasteiger partial charge is 0.0443 e. The maximum atomic E-state index is 2.33. The summed E-state index contributed by atoms with van der Waals surface area (Å²) in [4.78, 5) is 2.31. The van der Waals surface area contributed by atoms with Crippen molar-refractivity contribution in [2.24, 2.45) is 0 Å². The van der Waals surface area contributed by atoms with Gasteiger partial charge in [0.1, 0.15) is 0 Å². The van der Waals surface area contributed by atoms with E-state index in [0.29, 0.717) is 0 Å². The molecule has 0 fully saturated rings. The third-order valence-corrected chi connectivity index (χ3v) is 4.35. The van der Waals surface area contributed by atoms with Gasteiger partial charge in [-0.05, 0) is 74.4 Å². The van der Waals surface area contributed by atoms with E-state index in [1.165, 1.54) is 38.7 Å². The second-order valence-corrected chi connectivity index (χ2v) is 5.60. The lowest BCUT2D eigenvalue weighted by Gasteiger charge is -2.21. The molecule has 0 saturated carbocycles. The van der Waals surface area contributed by atoms with Gasteiger partial charge in [-0.15, -0.1) is 0 Å². The van der Waals surface area contributed by atoms with Crippen LogP contribution in [-0.4, -0.2) is 13.6 Å². The summed E-state index contributed by atoms with van der Waals surface area (Å²) < 4.78 is 0. The van der Waals surface area contributed by atoms with E-state index < -0.39 is 0 Å². The number of nitrogens with zero attached hydrogens (tertiary/aromatic N) is 1. The first-order valence-corrected chi connectivity index (χ1v) is 8.38. The van der Waals surface area contributed by atoms with Crippen LogP contribution in [0.2, 0.25) is 0 Å². The molecule has 0 amide bonds. The summed E-state index contributed by atoms with van der Waals surface area (Å²) in [5, 5.41) is 2.72. The molecule has 1 heteroatoms. The van der Waals surface area contributed by atoms with E-state index in [9.17, 15) is 0 Å². The maximum absolute atomic E-state index is 2.33. The fourth-order valence-electron chi connectivity index (χ4n) is 2.60. The highest BCUT2D eigenvalue weighted by atomic mass is 15.1. The number of fused-ring (bicyclic) bond motifs is 1. The molecule has 0 unspecified atom stereocenters. The SMILES string of the molecule is CC.CC=C(C)c1ccc(N(C)CC)c2cc(C)c(C)cc12. The molecular weight excluding hydrogens is 266 g/mol. The number of anilines is 1. The Kier molecular flexibility index (Phi) is 6.67. The molecule has 2 rings (SSSR count). The summed E-state index contributed by atoms with van der Waals surface area (Å²) in [5.74, 6) is 0. The molecular formula is C21H31N. The highest BCUT2D eigenvalue weighted by molar-refractivity contribution is 6.01. The van der Waals surface area contributed by atoms with E-state index in [1.807, 2.05) is 13.8 Å². The molecule has 0 spiro atoms. The van der Waals surface area contributed by atoms with Crippen LogP contribution in [-0.2, 0) is 0 Å². The first-order valence-electron chi connectivity index (χ1n) is 8.38. The summed E-state index contributed by atoms with van der Waals surface area (Å²) in [5.41, 5.74) is 6.72. The topological polar surface area (TPSA) is 3.24 Å². The zero-order valence-corrected chi connectivity index (χ0v) is 15.5. The molecule has 0 aliphatic heterocycles. The van der Waals surface area contributed by atoms with Crippen LogP contribution < -0.4 is 4.90 Å². The van der Waals surface area contributed by atoms with E-state index in [4.69, 9.17) is 0 Å². The molecule has 2 aromatic carbocycles. The average molecular weight is 297 g/mol. The fourth-order valence-corrected chi connectivity index (χ4v) is 2.60. The second kappa shape index (κ2) is 8.03. The minimum Gasteiger partial charge on any atom is -0.374 e. The molecule has 0 aromatic heterocycles. The van der Waals surface area contributed by atoms with Gasteiger partial charge in [-0.3, -0.25) is 0 Å². The van der Waals surface area contributed by atoms with E-state index in [2.05, 4.69) is 76.9 Å². The van der Waals surface area contributed by atoms with Crippen LogP contribution in [0.3, 0.4) is 0 Å². The van der Waals surface area contributed by atoms with Gasteiger partial charge in [-0.25, -0.2) is 0 Å². The Morgan fingerprint density at radius 2 is 1.59 bits per heavy atom. The largest absolute Gasteiger partial charge is 0.374 e. The monoisotopic (exact) mass is 297 g/mol. The van der Waals surface area contributed by atoms with Gasteiger partial charge in [-0.1, -0.05) is 32.1 Å². The summed E-state index contributed by atoms with van der Waals surface area (Å²) in [7, 11) is 2.16. The quantitative estimate of drug-likeness (QED) is 0.637. The minimum atomic E-state index is 1.02. The number of aryl methyl sites for hydroxylation is 2. The van der Waals surface area contributed by atoms with Gasteiger partial charge in [0.05, 0.1) is 0 Å². The molecule has 0 N–H and O–H groups in total. The van der Waals surface area contributed by atoms with Crippen LogP contribution in [0.4, 0.5) is 5.69 Å². The Hall–Kier alpha value is -1.76. The van der Waals surface area contributed by atoms with Crippen molar-refractivity contribution in [2.75, 3.05) is 18.5 Å². The van der Waals surface area contributed by atoms with E-state index >= 15 is 0 Å². The number of rotatable bonds is 3. The standard InChI is InChI=1S/C19H25N.C2H6/c1-7-13(3)16-9-10-19(20(6)8-2)18-12-15(5)14(4)11-17(16)18;1-2/h7,9-12H,8H2,1-6H3;1-2H3. The van der Waals surface area contributed by atoms with Gasteiger partial charge in [0.2, 0.25) is 0 Å². The first kappa shape index (κ1) is 18.3. The van der Waals surface area contributed by atoms with Gasteiger partial charge in [0.15, 0.2) is 0 Å². The molecule has 1 nitrogen and oxygen atoms in total. The Morgan fingerprint density at radius 3 is 2.09 bits per heavy atom. The zero-order chi connectivity index (χ0) is 16.9. The van der Waals surface area contributed by atoms with Gasteiger partial charge >= 0.3 is 0 Å². The average Bonchev–Trinajstić information content (AvgIpc) is 2.55. The van der Waals surface area contributed by atoms with Crippen molar-refractivity contribution in [3.8, 4) is 0 Å². The normalized spacial score (nSPS) is 11.2. The number of hydrogen-bond donors (Lipinski definition) is 0. The zero-order valence-electron chi connectivity index (χ0n) is 15.5. The lowest BCUT2D eigenvalue weighted by atomic mass is 9.94. The van der Waals surface area contributed by atoms with E-state index in [1.54, 1.807) is 0 Å². The molecule has 0 heterocycles. The van der Waals surface area contributed by atoms with Crippen molar-refractivity contribution in [2.45, 2.75) is 48.5 Å². The van der Waals surface area contributed by atoms with Crippen molar-refractivity contribution in [3.05, 3.63) is 47.0 Å². The van der Waals surface area contributed by atoms with Gasteiger partial charge < -0.3 is 4.90 Å². The molecule has 0 bridgehead atoms. The summed E-state index contributed by atoms with van der Waals surface area (Å²) >= 11 is 0. The predicted molar refractivity (Wildman–Crippen MR) is 103 cm³/mol. The van der Waals surface area contributed by atoms with Crippen LogP contribution in [0, 0.1) is 13.8 Å². The van der Waals surface area contributed by atoms with Crippen LogP contribution in [0.5, 0.6) is 0 Å². The number of allylic oxidation sites excluding steroid dienone is 2. The third-order valence-electron chi connectivity index (χ3n) is 4.35. The van der Waals surface area contributed by atoms with Crippen LogP contribution in [0.1, 0.15) is 51.3 Å².